The number of hydrogen-bond donors (Lipinski definition) is 0. The van der Waals surface area contributed by atoms with E-state index in [1.165, 1.54) is 14.2 Å². The molecule has 0 amide bonds. The van der Waals surface area contributed by atoms with Gasteiger partial charge in [-0.2, -0.15) is 14.2 Å². The summed E-state index contributed by atoms with van der Waals surface area (Å²) in [5, 5.41) is 19.1. The van der Waals surface area contributed by atoms with Crippen LogP contribution in [-0.2, 0) is 13.6 Å². The van der Waals surface area contributed by atoms with Crippen LogP contribution in [0.15, 0.2) is 33.5 Å². The predicted molar refractivity (Wildman–Crippen MR) is 71.2 cm³/mol. The molecule has 0 N–H and O–H groups in total. The van der Waals surface area contributed by atoms with Gasteiger partial charge in [-0.05, 0) is 39.9 Å². The van der Waals surface area contributed by atoms with E-state index in [-0.39, 0.29) is 12.2 Å². The molecule has 3 aromatic rings. The molecule has 0 unspecified atom stereocenters. The molecular weight excluding hydrogens is 328 g/mol. The fraction of sp³-hybridized carbons (Fsp3) is 0.200. The average Bonchev–Trinajstić information content (AvgIpc) is 2.99. The minimum absolute atomic E-state index is 0.128. The predicted octanol–water partition coefficient (Wildman–Crippen LogP) is -0.237. The summed E-state index contributed by atoms with van der Waals surface area (Å²) in [6.45, 7) is 0.128. The molecule has 9 nitrogen and oxygen atoms in total. The number of hydrogen-bond acceptors (Lipinski definition) is 6. The lowest BCUT2D eigenvalue weighted by Crippen LogP contribution is -2.25. The summed E-state index contributed by atoms with van der Waals surface area (Å²) in [7, 11) is 1.65. The number of rotatable bonds is 3. The van der Waals surface area contributed by atoms with Gasteiger partial charge >= 0.3 is 5.69 Å². The zero-order chi connectivity index (χ0) is 14.1. The molecule has 0 aliphatic heterocycles. The third kappa shape index (κ3) is 2.37. The molecule has 2 heterocycles. The number of aromatic nitrogens is 8. The third-order valence-corrected chi connectivity index (χ3v) is 3.08. The van der Waals surface area contributed by atoms with Crippen molar-refractivity contribution in [2.24, 2.45) is 7.05 Å². The molecule has 0 fully saturated rings. The van der Waals surface area contributed by atoms with Gasteiger partial charge in [-0.1, -0.05) is 15.9 Å². The summed E-state index contributed by atoms with van der Waals surface area (Å²) in [6, 6.07) is 7.19. The molecule has 0 bridgehead atoms. The van der Waals surface area contributed by atoms with Crippen molar-refractivity contribution in [1.29, 1.82) is 0 Å². The standard InChI is InChI=1S/C10H9BrN8O/c1-17-13-9(12-14-17)6-18-10(20)19(16-15-18)8-4-2-7(11)3-5-8/h2-5H,6H2,1H3. The maximum absolute atomic E-state index is 12.2. The Hall–Kier alpha value is -2.36. The van der Waals surface area contributed by atoms with Crippen LogP contribution in [0.2, 0.25) is 0 Å². The summed E-state index contributed by atoms with van der Waals surface area (Å²) >= 11 is 3.33. The van der Waals surface area contributed by atoms with Crippen LogP contribution in [0.25, 0.3) is 5.69 Å². The first-order valence-corrected chi connectivity index (χ1v) is 6.44. The van der Waals surface area contributed by atoms with Crippen LogP contribution < -0.4 is 5.69 Å². The summed E-state index contributed by atoms with van der Waals surface area (Å²) < 4.78 is 3.31. The molecule has 0 saturated heterocycles. The Kier molecular flexibility index (Phi) is 3.14. The van der Waals surface area contributed by atoms with E-state index >= 15 is 0 Å². The van der Waals surface area contributed by atoms with Gasteiger partial charge in [0.1, 0.15) is 6.54 Å². The number of halogens is 1. The summed E-state index contributed by atoms with van der Waals surface area (Å²) in [5.41, 5.74) is 0.274. The molecule has 1 aromatic carbocycles. The lowest BCUT2D eigenvalue weighted by atomic mass is 10.3. The molecule has 0 atom stereocenters. The van der Waals surface area contributed by atoms with Gasteiger partial charge < -0.3 is 0 Å². The molecule has 2 aromatic heterocycles. The normalized spacial score (nSPS) is 10.9. The van der Waals surface area contributed by atoms with E-state index < -0.39 is 0 Å². The maximum Gasteiger partial charge on any atom is 0.368 e. The van der Waals surface area contributed by atoms with Crippen LogP contribution in [0.4, 0.5) is 0 Å². The highest BCUT2D eigenvalue weighted by Gasteiger charge is 2.11. The number of nitrogens with zero attached hydrogens (tertiary/aromatic N) is 8. The lowest BCUT2D eigenvalue weighted by molar-refractivity contribution is 0.597. The molecular formula is C10H9BrN8O. The fourth-order valence-corrected chi connectivity index (χ4v) is 1.90. The van der Waals surface area contributed by atoms with E-state index in [1.807, 2.05) is 12.1 Å². The van der Waals surface area contributed by atoms with Crippen LogP contribution in [0.3, 0.4) is 0 Å². The van der Waals surface area contributed by atoms with Crippen molar-refractivity contribution in [2.45, 2.75) is 6.54 Å². The monoisotopic (exact) mass is 336 g/mol. The molecule has 0 aliphatic rings. The lowest BCUT2D eigenvalue weighted by Gasteiger charge is -1.97. The fourth-order valence-electron chi connectivity index (χ4n) is 1.64. The Balaban J connectivity index is 1.92. The van der Waals surface area contributed by atoms with Gasteiger partial charge in [-0.15, -0.1) is 10.2 Å². The SMILES string of the molecule is Cn1nnc(Cn2nnn(-c3ccc(Br)cc3)c2=O)n1. The minimum Gasteiger partial charge on any atom is -0.244 e. The summed E-state index contributed by atoms with van der Waals surface area (Å²) in [4.78, 5) is 13.5. The zero-order valence-electron chi connectivity index (χ0n) is 10.4. The van der Waals surface area contributed by atoms with Crippen molar-refractivity contribution in [3.8, 4) is 5.69 Å². The van der Waals surface area contributed by atoms with Gasteiger partial charge in [0.25, 0.3) is 0 Å². The Labute approximate surface area is 120 Å². The van der Waals surface area contributed by atoms with Gasteiger partial charge in [0, 0.05) is 4.47 Å². The van der Waals surface area contributed by atoms with Gasteiger partial charge in [0.05, 0.1) is 12.7 Å². The molecule has 102 valence electrons. The molecule has 0 spiro atoms. The second-order valence-electron chi connectivity index (χ2n) is 4.00. The smallest absolute Gasteiger partial charge is 0.244 e. The van der Waals surface area contributed by atoms with Gasteiger partial charge in [0.2, 0.25) is 0 Å². The van der Waals surface area contributed by atoms with Crippen LogP contribution in [-0.4, -0.2) is 40.0 Å². The molecule has 0 aliphatic carbocycles. The van der Waals surface area contributed by atoms with E-state index in [2.05, 4.69) is 41.8 Å². The highest BCUT2D eigenvalue weighted by atomic mass is 79.9. The highest BCUT2D eigenvalue weighted by molar-refractivity contribution is 9.10. The maximum atomic E-state index is 12.2. The minimum atomic E-state index is -0.361. The van der Waals surface area contributed by atoms with Gasteiger partial charge in [0.15, 0.2) is 5.82 Å². The van der Waals surface area contributed by atoms with Crippen LogP contribution >= 0.6 is 15.9 Å². The van der Waals surface area contributed by atoms with Crippen LogP contribution in [0.1, 0.15) is 5.82 Å². The Bertz CT molecular complexity index is 786. The first kappa shape index (κ1) is 12.7. The largest absolute Gasteiger partial charge is 0.368 e. The Morgan fingerprint density at radius 1 is 1.15 bits per heavy atom. The van der Waals surface area contributed by atoms with Crippen molar-refractivity contribution in [2.75, 3.05) is 0 Å². The van der Waals surface area contributed by atoms with Crippen molar-refractivity contribution in [3.63, 3.8) is 0 Å². The Morgan fingerprint density at radius 3 is 2.55 bits per heavy atom. The summed E-state index contributed by atoms with van der Waals surface area (Å²) in [5.74, 6) is 0.400. The van der Waals surface area contributed by atoms with Gasteiger partial charge in [-0.3, -0.25) is 0 Å². The number of aryl methyl sites for hydroxylation is 1. The molecule has 3 rings (SSSR count). The van der Waals surface area contributed by atoms with Crippen molar-refractivity contribution in [1.82, 2.24) is 40.0 Å². The van der Waals surface area contributed by atoms with E-state index in [1.54, 1.807) is 19.2 Å². The zero-order valence-corrected chi connectivity index (χ0v) is 12.0. The first-order valence-electron chi connectivity index (χ1n) is 5.65. The van der Waals surface area contributed by atoms with E-state index in [9.17, 15) is 4.79 Å². The number of benzene rings is 1. The quantitative estimate of drug-likeness (QED) is 0.655. The van der Waals surface area contributed by atoms with Crippen molar-refractivity contribution < 1.29 is 0 Å². The van der Waals surface area contributed by atoms with Crippen LogP contribution in [0.5, 0.6) is 0 Å². The van der Waals surface area contributed by atoms with E-state index in [0.29, 0.717) is 11.5 Å². The van der Waals surface area contributed by atoms with Crippen LogP contribution in [0, 0.1) is 0 Å². The second kappa shape index (κ2) is 4.96. The third-order valence-electron chi connectivity index (χ3n) is 2.55. The summed E-state index contributed by atoms with van der Waals surface area (Å²) in [6.07, 6.45) is 0. The van der Waals surface area contributed by atoms with E-state index in [0.717, 1.165) is 4.47 Å². The average molecular weight is 337 g/mol. The van der Waals surface area contributed by atoms with Crippen molar-refractivity contribution >= 4 is 15.9 Å². The Morgan fingerprint density at radius 2 is 1.90 bits per heavy atom. The highest BCUT2D eigenvalue weighted by Crippen LogP contribution is 2.11. The first-order chi connectivity index (χ1) is 9.63. The second-order valence-corrected chi connectivity index (χ2v) is 4.92. The van der Waals surface area contributed by atoms with Gasteiger partial charge in [-0.25, -0.2) is 4.79 Å². The molecule has 20 heavy (non-hydrogen) atoms. The molecule has 0 radical (unpaired) electrons. The van der Waals surface area contributed by atoms with Crippen molar-refractivity contribution in [3.05, 3.63) is 45.0 Å². The molecule has 10 heteroatoms. The topological polar surface area (TPSA) is 96.3 Å². The number of tetrazole rings is 2. The van der Waals surface area contributed by atoms with E-state index in [4.69, 9.17) is 0 Å². The molecule has 0 saturated carbocycles.